The highest BCUT2D eigenvalue weighted by Gasteiger charge is 2.16. The molecule has 1 N–H and O–H groups in total. The zero-order valence-electron chi connectivity index (χ0n) is 10.8. The van der Waals surface area contributed by atoms with E-state index in [1.807, 2.05) is 13.0 Å². The molecule has 0 heterocycles. The molecule has 0 aliphatic carbocycles. The summed E-state index contributed by atoms with van der Waals surface area (Å²) in [6.45, 7) is 2.71. The van der Waals surface area contributed by atoms with Crippen molar-refractivity contribution in [2.75, 3.05) is 32.7 Å². The van der Waals surface area contributed by atoms with Gasteiger partial charge in [-0.1, -0.05) is 12.1 Å². The van der Waals surface area contributed by atoms with E-state index in [0.29, 0.717) is 18.8 Å². The van der Waals surface area contributed by atoms with E-state index >= 15 is 0 Å². The summed E-state index contributed by atoms with van der Waals surface area (Å²) < 4.78 is 10.2. The fourth-order valence-corrected chi connectivity index (χ4v) is 1.65. The third kappa shape index (κ3) is 3.68. The van der Waals surface area contributed by atoms with E-state index in [-0.39, 0.29) is 11.8 Å². The van der Waals surface area contributed by atoms with Crippen molar-refractivity contribution in [2.24, 2.45) is 0 Å². The monoisotopic (exact) mass is 254 g/mol. The summed E-state index contributed by atoms with van der Waals surface area (Å²) in [5.74, 6) is 0. The van der Waals surface area contributed by atoms with Crippen LogP contribution < -0.4 is 5.32 Å². The topological polar surface area (TPSA) is 73.6 Å². The molecule has 100 valence electrons. The molecular weight excluding hydrogens is 236 g/mol. The average Bonchev–Trinajstić information content (AvgIpc) is 2.35. The minimum absolute atomic E-state index is 0.0715. The highest BCUT2D eigenvalue weighted by atomic mass is 16.6. The molecule has 0 radical (unpaired) electrons. The van der Waals surface area contributed by atoms with Crippen LogP contribution in [0.4, 0.5) is 11.4 Å². The fourth-order valence-electron chi connectivity index (χ4n) is 1.65. The molecule has 0 bridgehead atoms. The standard InChI is InChI=1S/C12H18N2O4/c1-9-5-4-6-11(14(15)16)12(9)13-7-10(18-3)8-17-2/h4-6,10,13H,7-8H2,1-3H3. The third-order valence-electron chi connectivity index (χ3n) is 2.64. The molecule has 0 fully saturated rings. The van der Waals surface area contributed by atoms with Gasteiger partial charge in [-0.05, 0) is 12.5 Å². The van der Waals surface area contributed by atoms with Crippen molar-refractivity contribution < 1.29 is 14.4 Å². The number of methoxy groups -OCH3 is 2. The minimum atomic E-state index is -0.395. The number of nitro groups is 1. The Bertz CT molecular complexity index is 409. The Labute approximate surface area is 106 Å². The molecule has 0 saturated heterocycles. The Morgan fingerprint density at radius 1 is 1.44 bits per heavy atom. The van der Waals surface area contributed by atoms with Gasteiger partial charge in [0.1, 0.15) is 5.69 Å². The Morgan fingerprint density at radius 3 is 2.72 bits per heavy atom. The number of para-hydroxylation sites is 1. The Kier molecular flexibility index (Phi) is 5.54. The number of anilines is 1. The summed E-state index contributed by atoms with van der Waals surface area (Å²) in [4.78, 5) is 10.5. The van der Waals surface area contributed by atoms with Gasteiger partial charge in [0.05, 0.1) is 17.6 Å². The molecule has 0 aliphatic heterocycles. The third-order valence-corrected chi connectivity index (χ3v) is 2.64. The average molecular weight is 254 g/mol. The number of nitrogens with one attached hydrogen (secondary N) is 1. The van der Waals surface area contributed by atoms with Gasteiger partial charge in [-0.15, -0.1) is 0 Å². The van der Waals surface area contributed by atoms with Crippen LogP contribution in [0, 0.1) is 17.0 Å². The first-order chi connectivity index (χ1) is 8.60. The summed E-state index contributed by atoms with van der Waals surface area (Å²) in [5, 5.41) is 14.0. The van der Waals surface area contributed by atoms with Crippen LogP contribution in [0.15, 0.2) is 18.2 Å². The first kappa shape index (κ1) is 14.4. The number of hydrogen-bond acceptors (Lipinski definition) is 5. The van der Waals surface area contributed by atoms with E-state index < -0.39 is 4.92 Å². The molecule has 1 rings (SSSR count). The second-order valence-electron chi connectivity index (χ2n) is 3.92. The minimum Gasteiger partial charge on any atom is -0.382 e. The van der Waals surface area contributed by atoms with Crippen molar-refractivity contribution in [2.45, 2.75) is 13.0 Å². The predicted octanol–water partition coefficient (Wildman–Crippen LogP) is 1.98. The van der Waals surface area contributed by atoms with Gasteiger partial charge in [0.15, 0.2) is 0 Å². The van der Waals surface area contributed by atoms with Gasteiger partial charge in [0.2, 0.25) is 0 Å². The van der Waals surface area contributed by atoms with Crippen molar-refractivity contribution in [1.82, 2.24) is 0 Å². The van der Waals surface area contributed by atoms with Crippen LogP contribution in [-0.2, 0) is 9.47 Å². The predicted molar refractivity (Wildman–Crippen MR) is 69.0 cm³/mol. The van der Waals surface area contributed by atoms with Crippen LogP contribution in [0.1, 0.15) is 5.56 Å². The molecule has 0 aromatic heterocycles. The number of ether oxygens (including phenoxy) is 2. The van der Waals surface area contributed by atoms with Gasteiger partial charge in [0.25, 0.3) is 5.69 Å². The summed E-state index contributed by atoms with van der Waals surface area (Å²) in [5.41, 5.74) is 1.43. The number of benzene rings is 1. The van der Waals surface area contributed by atoms with E-state index in [0.717, 1.165) is 5.56 Å². The van der Waals surface area contributed by atoms with Crippen LogP contribution in [0.5, 0.6) is 0 Å². The van der Waals surface area contributed by atoms with Gasteiger partial charge in [-0.25, -0.2) is 0 Å². The molecule has 6 nitrogen and oxygen atoms in total. The Hall–Kier alpha value is -1.66. The molecule has 1 aromatic rings. The molecule has 0 amide bonds. The summed E-state index contributed by atoms with van der Waals surface area (Å²) in [6.07, 6.45) is -0.144. The molecule has 0 spiro atoms. The molecule has 0 aliphatic rings. The van der Waals surface area contributed by atoms with Gasteiger partial charge < -0.3 is 14.8 Å². The van der Waals surface area contributed by atoms with Crippen LogP contribution in [0.3, 0.4) is 0 Å². The lowest BCUT2D eigenvalue weighted by atomic mass is 10.1. The largest absolute Gasteiger partial charge is 0.382 e. The fraction of sp³-hybridized carbons (Fsp3) is 0.500. The first-order valence-corrected chi connectivity index (χ1v) is 5.59. The maximum Gasteiger partial charge on any atom is 0.292 e. The van der Waals surface area contributed by atoms with E-state index in [1.54, 1.807) is 20.3 Å². The van der Waals surface area contributed by atoms with E-state index in [4.69, 9.17) is 9.47 Å². The number of nitro benzene ring substituents is 1. The maximum atomic E-state index is 10.9. The zero-order chi connectivity index (χ0) is 13.5. The van der Waals surface area contributed by atoms with Gasteiger partial charge in [0, 0.05) is 26.8 Å². The van der Waals surface area contributed by atoms with E-state index in [2.05, 4.69) is 5.32 Å². The van der Waals surface area contributed by atoms with Crippen molar-refractivity contribution in [3.05, 3.63) is 33.9 Å². The van der Waals surface area contributed by atoms with Crippen molar-refractivity contribution in [3.8, 4) is 0 Å². The maximum absolute atomic E-state index is 10.9. The summed E-state index contributed by atoms with van der Waals surface area (Å²) >= 11 is 0. The van der Waals surface area contributed by atoms with Crippen molar-refractivity contribution in [1.29, 1.82) is 0 Å². The molecule has 1 aromatic carbocycles. The van der Waals surface area contributed by atoms with Crippen LogP contribution in [-0.4, -0.2) is 38.4 Å². The van der Waals surface area contributed by atoms with E-state index in [9.17, 15) is 10.1 Å². The van der Waals surface area contributed by atoms with Crippen molar-refractivity contribution >= 4 is 11.4 Å². The lowest BCUT2D eigenvalue weighted by molar-refractivity contribution is -0.384. The number of hydrogen-bond donors (Lipinski definition) is 1. The Balaban J connectivity index is 2.80. The van der Waals surface area contributed by atoms with Crippen LogP contribution in [0.2, 0.25) is 0 Å². The molecule has 0 saturated carbocycles. The molecule has 18 heavy (non-hydrogen) atoms. The molecule has 1 atom stereocenters. The number of rotatable bonds is 7. The SMILES string of the molecule is COCC(CNc1c(C)cccc1[N+](=O)[O-])OC. The normalized spacial score (nSPS) is 12.2. The highest BCUT2D eigenvalue weighted by molar-refractivity contribution is 5.65. The zero-order valence-corrected chi connectivity index (χ0v) is 10.8. The molecule has 1 unspecified atom stereocenters. The summed E-state index contributed by atoms with van der Waals surface area (Å²) in [6, 6.07) is 4.97. The second kappa shape index (κ2) is 6.93. The van der Waals surface area contributed by atoms with Gasteiger partial charge in [-0.2, -0.15) is 0 Å². The highest BCUT2D eigenvalue weighted by Crippen LogP contribution is 2.27. The lowest BCUT2D eigenvalue weighted by Crippen LogP contribution is -2.27. The molecular formula is C12H18N2O4. The lowest BCUT2D eigenvalue weighted by Gasteiger charge is -2.16. The second-order valence-corrected chi connectivity index (χ2v) is 3.92. The quantitative estimate of drug-likeness (QED) is 0.595. The van der Waals surface area contributed by atoms with Crippen molar-refractivity contribution in [3.63, 3.8) is 0 Å². The van der Waals surface area contributed by atoms with Gasteiger partial charge >= 0.3 is 0 Å². The van der Waals surface area contributed by atoms with Gasteiger partial charge in [-0.3, -0.25) is 10.1 Å². The molecule has 6 heteroatoms. The van der Waals surface area contributed by atoms with Crippen LogP contribution >= 0.6 is 0 Å². The van der Waals surface area contributed by atoms with E-state index in [1.165, 1.54) is 6.07 Å². The smallest absolute Gasteiger partial charge is 0.292 e. The number of aryl methyl sites for hydroxylation is 1. The number of nitrogens with zero attached hydrogens (tertiary/aromatic N) is 1. The Morgan fingerprint density at radius 2 is 2.17 bits per heavy atom. The van der Waals surface area contributed by atoms with Crippen LogP contribution in [0.25, 0.3) is 0 Å². The summed E-state index contributed by atoms with van der Waals surface area (Å²) in [7, 11) is 3.17. The first-order valence-electron chi connectivity index (χ1n) is 5.59.